The number of carbonyl (C=O) groups excluding carboxylic acids is 2. The van der Waals surface area contributed by atoms with Crippen LogP contribution < -0.4 is 5.32 Å². The molecule has 0 spiro atoms. The second-order valence-electron chi connectivity index (χ2n) is 5.94. The Balaban J connectivity index is 1.92. The van der Waals surface area contributed by atoms with E-state index in [1.165, 1.54) is 19.2 Å². The van der Waals surface area contributed by atoms with Gasteiger partial charge in [0, 0.05) is 18.8 Å². The summed E-state index contributed by atoms with van der Waals surface area (Å²) < 4.78 is 34.4. The molecule has 9 heteroatoms. The minimum Gasteiger partial charge on any atom is -0.462 e. The fraction of sp³-hybridized carbons (Fsp3) is 0.263. The third kappa shape index (κ3) is 6.36. The molecule has 0 aliphatic heterocycles. The van der Waals surface area contributed by atoms with Crippen LogP contribution in [0.3, 0.4) is 0 Å². The van der Waals surface area contributed by atoms with Gasteiger partial charge in [0.25, 0.3) is 0 Å². The number of ether oxygens (including phenoxy) is 1. The van der Waals surface area contributed by atoms with Gasteiger partial charge in [-0.3, -0.25) is 4.79 Å². The van der Waals surface area contributed by atoms with Crippen molar-refractivity contribution in [2.24, 2.45) is 0 Å². The predicted molar refractivity (Wildman–Crippen MR) is 105 cm³/mol. The molecule has 1 aromatic heterocycles. The summed E-state index contributed by atoms with van der Waals surface area (Å²) in [5.41, 5.74) is 0.926. The Hall–Kier alpha value is -2.91. The van der Waals surface area contributed by atoms with Crippen LogP contribution in [0.4, 0.5) is 5.69 Å². The van der Waals surface area contributed by atoms with Crippen molar-refractivity contribution >= 4 is 33.7 Å². The maximum atomic E-state index is 12.0. The molecule has 1 heterocycles. The van der Waals surface area contributed by atoms with Gasteiger partial charge in [0.2, 0.25) is 15.9 Å². The molecule has 0 bridgehead atoms. The lowest BCUT2D eigenvalue weighted by Gasteiger charge is -2.11. The summed E-state index contributed by atoms with van der Waals surface area (Å²) in [4.78, 5) is 23.6. The van der Waals surface area contributed by atoms with Gasteiger partial charge < -0.3 is 14.5 Å². The number of furan rings is 1. The molecule has 8 nitrogen and oxygen atoms in total. The Kier molecular flexibility index (Phi) is 7.13. The Morgan fingerprint density at radius 1 is 1.18 bits per heavy atom. The smallest absolute Gasteiger partial charge is 0.338 e. The van der Waals surface area contributed by atoms with E-state index in [4.69, 9.17) is 9.15 Å². The van der Waals surface area contributed by atoms with Gasteiger partial charge in [-0.05, 0) is 49.4 Å². The fourth-order valence-electron chi connectivity index (χ4n) is 2.15. The van der Waals surface area contributed by atoms with Crippen LogP contribution in [0.2, 0.25) is 0 Å². The minimum atomic E-state index is -3.30. The van der Waals surface area contributed by atoms with Crippen LogP contribution >= 0.6 is 0 Å². The summed E-state index contributed by atoms with van der Waals surface area (Å²) in [5, 5.41) is 2.66. The number of sulfonamides is 1. The van der Waals surface area contributed by atoms with Crippen LogP contribution in [0.15, 0.2) is 46.9 Å². The molecule has 0 aliphatic carbocycles. The quantitative estimate of drug-likeness (QED) is 0.533. The molecule has 1 N–H and O–H groups in total. The van der Waals surface area contributed by atoms with E-state index >= 15 is 0 Å². The van der Waals surface area contributed by atoms with Crippen molar-refractivity contribution in [2.45, 2.75) is 13.5 Å². The maximum Gasteiger partial charge on any atom is 0.338 e. The Labute approximate surface area is 163 Å². The first-order valence-electron chi connectivity index (χ1n) is 8.45. The molecule has 0 aliphatic rings. The van der Waals surface area contributed by atoms with Gasteiger partial charge in [0.1, 0.15) is 11.5 Å². The summed E-state index contributed by atoms with van der Waals surface area (Å²) >= 11 is 0. The molecular formula is C19H22N2O6S. The molecule has 2 rings (SSSR count). The first-order chi connectivity index (χ1) is 13.2. The highest BCUT2D eigenvalue weighted by molar-refractivity contribution is 7.88. The van der Waals surface area contributed by atoms with Crippen LogP contribution in [0, 0.1) is 0 Å². The molecular weight excluding hydrogens is 384 g/mol. The van der Waals surface area contributed by atoms with Gasteiger partial charge in [0.05, 0.1) is 25.0 Å². The largest absolute Gasteiger partial charge is 0.462 e. The van der Waals surface area contributed by atoms with E-state index in [-0.39, 0.29) is 12.5 Å². The summed E-state index contributed by atoms with van der Waals surface area (Å²) in [6.07, 6.45) is 3.88. The van der Waals surface area contributed by atoms with Gasteiger partial charge >= 0.3 is 5.97 Å². The Morgan fingerprint density at radius 3 is 2.46 bits per heavy atom. The van der Waals surface area contributed by atoms with E-state index in [0.29, 0.717) is 29.4 Å². The van der Waals surface area contributed by atoms with Crippen LogP contribution in [-0.4, -0.2) is 44.5 Å². The highest BCUT2D eigenvalue weighted by atomic mass is 32.2. The molecule has 0 unspecified atom stereocenters. The number of benzene rings is 1. The van der Waals surface area contributed by atoms with E-state index in [1.54, 1.807) is 43.3 Å². The second kappa shape index (κ2) is 9.34. The van der Waals surface area contributed by atoms with Crippen molar-refractivity contribution in [3.8, 4) is 0 Å². The molecule has 0 atom stereocenters. The lowest BCUT2D eigenvalue weighted by Crippen LogP contribution is -2.24. The van der Waals surface area contributed by atoms with E-state index < -0.39 is 16.0 Å². The van der Waals surface area contributed by atoms with E-state index in [0.717, 1.165) is 10.6 Å². The van der Waals surface area contributed by atoms with Crippen molar-refractivity contribution in [3.63, 3.8) is 0 Å². The lowest BCUT2D eigenvalue weighted by molar-refractivity contribution is -0.111. The highest BCUT2D eigenvalue weighted by Crippen LogP contribution is 2.14. The highest BCUT2D eigenvalue weighted by Gasteiger charge is 2.13. The zero-order chi connectivity index (χ0) is 20.7. The van der Waals surface area contributed by atoms with Crippen LogP contribution in [0.1, 0.15) is 28.8 Å². The lowest BCUT2D eigenvalue weighted by atomic mass is 10.2. The van der Waals surface area contributed by atoms with E-state index in [9.17, 15) is 18.0 Å². The maximum absolute atomic E-state index is 12.0. The summed E-state index contributed by atoms with van der Waals surface area (Å²) in [7, 11) is -1.85. The van der Waals surface area contributed by atoms with Gasteiger partial charge in [-0.1, -0.05) is 0 Å². The van der Waals surface area contributed by atoms with Crippen molar-refractivity contribution in [1.29, 1.82) is 0 Å². The van der Waals surface area contributed by atoms with Crippen molar-refractivity contribution in [1.82, 2.24) is 4.31 Å². The molecule has 1 aromatic carbocycles. The normalized spacial score (nSPS) is 11.7. The summed E-state index contributed by atoms with van der Waals surface area (Å²) in [6, 6.07) is 9.62. The van der Waals surface area contributed by atoms with E-state index in [2.05, 4.69) is 5.32 Å². The second-order valence-corrected chi connectivity index (χ2v) is 8.03. The molecule has 28 heavy (non-hydrogen) atoms. The van der Waals surface area contributed by atoms with Crippen molar-refractivity contribution in [2.75, 3.05) is 25.2 Å². The average Bonchev–Trinajstić information content (AvgIpc) is 3.07. The van der Waals surface area contributed by atoms with Crippen molar-refractivity contribution < 1.29 is 27.2 Å². The molecule has 1 amide bonds. The monoisotopic (exact) mass is 406 g/mol. The van der Waals surface area contributed by atoms with Crippen LogP contribution in [-0.2, 0) is 26.1 Å². The molecule has 0 saturated heterocycles. The number of rotatable bonds is 8. The number of anilines is 1. The van der Waals surface area contributed by atoms with Crippen LogP contribution in [0.5, 0.6) is 0 Å². The molecule has 150 valence electrons. The summed E-state index contributed by atoms with van der Waals surface area (Å²) in [5.74, 6) is 0.0812. The van der Waals surface area contributed by atoms with Gasteiger partial charge in [-0.25, -0.2) is 13.2 Å². The molecule has 2 aromatic rings. The van der Waals surface area contributed by atoms with Gasteiger partial charge in [-0.2, -0.15) is 4.31 Å². The minimum absolute atomic E-state index is 0.103. The molecule has 0 fully saturated rings. The first kappa shape index (κ1) is 21.4. The number of carbonyl (C=O) groups is 2. The Morgan fingerprint density at radius 2 is 1.86 bits per heavy atom. The zero-order valence-electron chi connectivity index (χ0n) is 15.8. The topological polar surface area (TPSA) is 106 Å². The molecule has 0 radical (unpaired) electrons. The number of hydrogen-bond donors (Lipinski definition) is 1. The number of nitrogens with zero attached hydrogens (tertiary/aromatic N) is 1. The van der Waals surface area contributed by atoms with E-state index in [1.807, 2.05) is 0 Å². The third-order valence-corrected chi connectivity index (χ3v) is 4.95. The standard InChI is InChI=1S/C19H22N2O6S/c1-4-26-19(23)14-5-7-15(8-6-14)20-18(22)12-11-16-9-10-17(27-16)13-21(2)28(3,24)25/h5-12H,4,13H2,1-3H3,(H,20,22)/b12-11+. The van der Waals surface area contributed by atoms with Gasteiger partial charge in [-0.15, -0.1) is 0 Å². The number of nitrogens with one attached hydrogen (secondary N) is 1. The molecule has 0 saturated carbocycles. The Bertz CT molecular complexity index is 961. The zero-order valence-corrected chi connectivity index (χ0v) is 16.7. The number of amides is 1. The van der Waals surface area contributed by atoms with Crippen LogP contribution in [0.25, 0.3) is 6.08 Å². The van der Waals surface area contributed by atoms with Crippen molar-refractivity contribution in [3.05, 3.63) is 59.6 Å². The SMILES string of the molecule is CCOC(=O)c1ccc(NC(=O)/C=C/c2ccc(CN(C)S(C)(=O)=O)o2)cc1. The number of hydrogen-bond acceptors (Lipinski definition) is 6. The average molecular weight is 406 g/mol. The number of esters is 1. The summed E-state index contributed by atoms with van der Waals surface area (Å²) in [6.45, 7) is 2.12. The first-order valence-corrected chi connectivity index (χ1v) is 10.3. The fourth-order valence-corrected chi connectivity index (χ4v) is 2.51. The van der Waals surface area contributed by atoms with Gasteiger partial charge in [0.15, 0.2) is 0 Å². The predicted octanol–water partition coefficient (Wildman–Crippen LogP) is 2.50. The third-order valence-electron chi connectivity index (χ3n) is 3.69.